The lowest BCUT2D eigenvalue weighted by Gasteiger charge is -2.41. The Morgan fingerprint density at radius 3 is 2.62 bits per heavy atom. The van der Waals surface area contributed by atoms with Crippen LogP contribution in [-0.2, 0) is 17.8 Å². The molecule has 3 fully saturated rings. The van der Waals surface area contributed by atoms with Crippen molar-refractivity contribution in [1.29, 1.82) is 0 Å². The second kappa shape index (κ2) is 11.9. The summed E-state index contributed by atoms with van der Waals surface area (Å²) in [4.78, 5) is 34.6. The summed E-state index contributed by atoms with van der Waals surface area (Å²) in [6, 6.07) is 12.8. The first-order chi connectivity index (χ1) is 21.8. The molecular weight excluding hydrogens is 569 g/mol. The van der Waals surface area contributed by atoms with Gasteiger partial charge in [-0.25, -0.2) is 11.0 Å². The number of carbonyl (C=O) groups excluding carboxylic acids is 1. The Labute approximate surface area is 264 Å². The van der Waals surface area contributed by atoms with Crippen LogP contribution in [0.4, 0.5) is 15.9 Å². The number of halogens is 1. The van der Waals surface area contributed by atoms with Crippen LogP contribution in [0.1, 0.15) is 36.1 Å². The molecule has 3 aromatic rings. The van der Waals surface area contributed by atoms with Crippen molar-refractivity contribution in [3.8, 4) is 6.01 Å². The zero-order valence-electron chi connectivity index (χ0n) is 26.0. The van der Waals surface area contributed by atoms with Crippen molar-refractivity contribution >= 4 is 28.2 Å². The van der Waals surface area contributed by atoms with Crippen molar-refractivity contribution in [3.05, 3.63) is 77.0 Å². The van der Waals surface area contributed by atoms with E-state index in [-0.39, 0.29) is 18.5 Å². The highest BCUT2D eigenvalue weighted by atomic mass is 19.1. The predicted octanol–water partition coefficient (Wildman–Crippen LogP) is 4.79. The van der Waals surface area contributed by atoms with Gasteiger partial charge in [-0.05, 0) is 62.7 Å². The Bertz CT molecular complexity index is 1670. The lowest BCUT2D eigenvalue weighted by molar-refractivity contribution is -0.131. The number of piperazine rings is 1. The van der Waals surface area contributed by atoms with Crippen molar-refractivity contribution < 1.29 is 13.9 Å². The maximum absolute atomic E-state index is 13.9. The summed E-state index contributed by atoms with van der Waals surface area (Å²) >= 11 is 0. The van der Waals surface area contributed by atoms with Gasteiger partial charge < -0.3 is 29.2 Å². The van der Waals surface area contributed by atoms with Crippen molar-refractivity contribution in [3.63, 3.8) is 0 Å². The van der Waals surface area contributed by atoms with Crippen molar-refractivity contribution in [2.75, 3.05) is 68.8 Å². The molecule has 2 aromatic carbocycles. The topological polar surface area (TPSA) is 69.4 Å². The second-order valence-corrected chi connectivity index (χ2v) is 13.1. The smallest absolute Gasteiger partial charge is 0.318 e. The number of anilines is 2. The molecular formula is C35H40FN7O2. The molecule has 1 aliphatic carbocycles. The highest BCUT2D eigenvalue weighted by molar-refractivity contribution is 5.97. The quantitative estimate of drug-likeness (QED) is 0.255. The average molecular weight is 610 g/mol. The number of benzene rings is 2. The van der Waals surface area contributed by atoms with Gasteiger partial charge in [0.25, 0.3) is 5.91 Å². The van der Waals surface area contributed by atoms with Crippen LogP contribution in [0.3, 0.4) is 0 Å². The third-order valence-corrected chi connectivity index (χ3v) is 10.0. The number of hydrogen-bond acceptors (Lipinski definition) is 7. The molecule has 7 rings (SSSR count). The second-order valence-electron chi connectivity index (χ2n) is 13.1. The van der Waals surface area contributed by atoms with Gasteiger partial charge in [-0.15, -0.1) is 0 Å². The first-order valence-corrected chi connectivity index (χ1v) is 16.1. The van der Waals surface area contributed by atoms with Gasteiger partial charge in [-0.1, -0.05) is 36.9 Å². The van der Waals surface area contributed by atoms with Crippen molar-refractivity contribution in [2.45, 2.75) is 45.2 Å². The zero-order valence-corrected chi connectivity index (χ0v) is 26.0. The van der Waals surface area contributed by atoms with Gasteiger partial charge in [0.15, 0.2) is 5.83 Å². The number of aromatic nitrogens is 2. The Morgan fingerprint density at radius 1 is 1.11 bits per heavy atom. The largest absolute Gasteiger partial charge is 0.463 e. The fraction of sp³-hybridized carbons (Fsp3) is 0.486. The summed E-state index contributed by atoms with van der Waals surface area (Å²) < 4.78 is 20.3. The lowest BCUT2D eigenvalue weighted by atomic mass is 9.99. The van der Waals surface area contributed by atoms with E-state index in [1.54, 1.807) is 0 Å². The van der Waals surface area contributed by atoms with Crippen LogP contribution in [0.2, 0.25) is 0 Å². The summed E-state index contributed by atoms with van der Waals surface area (Å²) in [6.45, 7) is 19.5. The maximum Gasteiger partial charge on any atom is 0.318 e. The van der Waals surface area contributed by atoms with Gasteiger partial charge in [0.1, 0.15) is 11.9 Å². The fourth-order valence-corrected chi connectivity index (χ4v) is 7.18. The molecule has 2 saturated heterocycles. The molecule has 45 heavy (non-hydrogen) atoms. The Hall–Kier alpha value is -4.23. The molecule has 3 aliphatic heterocycles. The van der Waals surface area contributed by atoms with Crippen LogP contribution < -0.4 is 14.5 Å². The van der Waals surface area contributed by atoms with E-state index in [9.17, 15) is 9.18 Å². The number of rotatable bonds is 9. The number of likely N-dealkylation sites (tertiary alicyclic amines) is 1. The Morgan fingerprint density at radius 2 is 1.91 bits per heavy atom. The molecule has 4 aliphatic rings. The number of hydrogen-bond donors (Lipinski definition) is 0. The highest BCUT2D eigenvalue weighted by Crippen LogP contribution is 2.47. The average Bonchev–Trinajstić information content (AvgIpc) is 3.80. The Balaban J connectivity index is 1.20. The van der Waals surface area contributed by atoms with Gasteiger partial charge in [-0.3, -0.25) is 4.79 Å². The molecule has 234 valence electrons. The summed E-state index contributed by atoms with van der Waals surface area (Å²) in [5.74, 6) is -0.933. The zero-order chi connectivity index (χ0) is 31.1. The van der Waals surface area contributed by atoms with Gasteiger partial charge in [-0.2, -0.15) is 9.97 Å². The number of ether oxygens (including phenoxy) is 1. The summed E-state index contributed by atoms with van der Waals surface area (Å²) in [5, 5.41) is 2.48. The predicted molar refractivity (Wildman–Crippen MR) is 173 cm³/mol. The van der Waals surface area contributed by atoms with Crippen LogP contribution in [0.5, 0.6) is 6.01 Å². The molecule has 0 unspecified atom stereocenters. The molecule has 4 heterocycles. The van der Waals surface area contributed by atoms with Crippen LogP contribution in [0.25, 0.3) is 15.6 Å². The first kappa shape index (κ1) is 29.5. The number of amides is 1. The minimum Gasteiger partial charge on any atom is -0.463 e. The van der Waals surface area contributed by atoms with E-state index in [4.69, 9.17) is 21.3 Å². The van der Waals surface area contributed by atoms with Crippen LogP contribution in [0.15, 0.2) is 48.8 Å². The Kier molecular flexibility index (Phi) is 7.82. The third kappa shape index (κ3) is 5.82. The summed E-state index contributed by atoms with van der Waals surface area (Å²) in [7, 11) is 0. The van der Waals surface area contributed by atoms with Crippen molar-refractivity contribution in [2.24, 2.45) is 5.41 Å². The number of fused-ring (bicyclic) bond motifs is 2. The summed E-state index contributed by atoms with van der Waals surface area (Å²) in [6.07, 6.45) is 4.33. The molecule has 9 nitrogen and oxygen atoms in total. The normalized spacial score (nSPS) is 20.7. The molecule has 1 atom stereocenters. The van der Waals surface area contributed by atoms with Crippen LogP contribution in [0, 0.1) is 18.9 Å². The lowest BCUT2D eigenvalue weighted by Crippen LogP contribution is -2.57. The van der Waals surface area contributed by atoms with E-state index in [1.165, 1.54) is 46.4 Å². The standard InChI is InChI=1S/C35H40FN7O2/c1-24-7-4-8-26-9-5-10-30(31(24)26)41-16-11-28-29(21-41)38-34(45-23-35(12-13-35)22-40-14-6-15-40)39-32(28)42-17-18-43(33(44)25(2)36)27(20-42)19-37-3/h4-5,7-10,27H,2,6,11-23H2,1H3/t27-/m0/s1. The molecule has 1 aromatic heterocycles. The molecule has 10 heteroatoms. The first-order valence-electron chi connectivity index (χ1n) is 16.1. The minimum absolute atomic E-state index is 0.0827. The van der Waals surface area contributed by atoms with Gasteiger partial charge in [0.05, 0.1) is 18.8 Å². The number of carbonyl (C=O) groups is 1. The molecule has 0 bridgehead atoms. The number of aryl methyl sites for hydroxylation is 1. The third-order valence-electron chi connectivity index (χ3n) is 10.0. The molecule has 1 amide bonds. The molecule has 0 spiro atoms. The van der Waals surface area contributed by atoms with Gasteiger partial charge >= 0.3 is 6.01 Å². The highest BCUT2D eigenvalue weighted by Gasteiger charge is 2.46. The van der Waals surface area contributed by atoms with Gasteiger partial charge in [0, 0.05) is 54.8 Å². The maximum atomic E-state index is 13.9. The van der Waals surface area contributed by atoms with Crippen LogP contribution in [-0.4, -0.2) is 90.7 Å². The van der Waals surface area contributed by atoms with E-state index in [0.29, 0.717) is 32.3 Å². The fourth-order valence-electron chi connectivity index (χ4n) is 7.18. The van der Waals surface area contributed by atoms with Gasteiger partial charge in [0.2, 0.25) is 6.54 Å². The van der Waals surface area contributed by atoms with Crippen LogP contribution >= 0.6 is 0 Å². The van der Waals surface area contributed by atoms with E-state index in [0.717, 1.165) is 49.4 Å². The number of nitrogens with zero attached hydrogens (tertiary/aromatic N) is 7. The van der Waals surface area contributed by atoms with E-state index in [1.807, 2.05) is 0 Å². The molecule has 1 saturated carbocycles. The molecule has 0 radical (unpaired) electrons. The van der Waals surface area contributed by atoms with E-state index < -0.39 is 17.8 Å². The van der Waals surface area contributed by atoms with E-state index in [2.05, 4.69) is 69.4 Å². The van der Waals surface area contributed by atoms with Crippen molar-refractivity contribution in [1.82, 2.24) is 19.8 Å². The van der Waals surface area contributed by atoms with E-state index >= 15 is 0 Å². The molecule has 0 N–H and O–H groups in total. The minimum atomic E-state index is -0.996. The monoisotopic (exact) mass is 609 g/mol. The summed E-state index contributed by atoms with van der Waals surface area (Å²) in [5.41, 5.74) is 4.63. The SMILES string of the molecule is [C-]#[N+]C[C@H]1CN(c2nc(OCC3(CN4CCC4)CC3)nc3c2CCN(c2cccc4cccc(C)c24)C3)CCN1C(=O)C(=C)F.